The lowest BCUT2D eigenvalue weighted by Crippen LogP contribution is -2.39. The molecule has 0 bridgehead atoms. The van der Waals surface area contributed by atoms with E-state index in [0.29, 0.717) is 0 Å². The van der Waals surface area contributed by atoms with Crippen molar-refractivity contribution in [2.75, 3.05) is 27.2 Å². The summed E-state index contributed by atoms with van der Waals surface area (Å²) in [7, 11) is 5.42. The second kappa shape index (κ2) is 8.96. The number of nitrogens with zero attached hydrogens (tertiary/aromatic N) is 3. The molecule has 0 fully saturated rings. The van der Waals surface area contributed by atoms with Crippen LogP contribution in [0.15, 0.2) is 35.6 Å². The molecule has 2 aromatic rings. The monoisotopic (exact) mass is 329 g/mol. The molecular formula is C18H27N5O. The molecule has 1 aromatic heterocycles. The minimum atomic E-state index is 0.798. The quantitative estimate of drug-likeness (QED) is 0.599. The van der Waals surface area contributed by atoms with Gasteiger partial charge in [0.1, 0.15) is 5.75 Å². The summed E-state index contributed by atoms with van der Waals surface area (Å²) >= 11 is 0. The first-order valence-electron chi connectivity index (χ1n) is 8.18. The van der Waals surface area contributed by atoms with Crippen LogP contribution in [0.1, 0.15) is 16.7 Å². The van der Waals surface area contributed by atoms with Crippen LogP contribution < -0.4 is 15.4 Å². The van der Waals surface area contributed by atoms with Crippen LogP contribution in [-0.4, -0.2) is 43.0 Å². The first-order valence-corrected chi connectivity index (χ1v) is 8.18. The Bertz CT molecular complexity index is 678. The fourth-order valence-corrected chi connectivity index (χ4v) is 2.57. The van der Waals surface area contributed by atoms with Crippen LogP contribution in [0.4, 0.5) is 0 Å². The van der Waals surface area contributed by atoms with Crippen molar-refractivity contribution < 1.29 is 4.74 Å². The SMILES string of the molecule is CN=C(NCCc1cnn(C)c1)NCCc1cc(C)ccc1OC. The highest BCUT2D eigenvalue weighted by molar-refractivity contribution is 5.79. The van der Waals surface area contributed by atoms with Gasteiger partial charge in [-0.2, -0.15) is 5.10 Å². The summed E-state index contributed by atoms with van der Waals surface area (Å²) in [4.78, 5) is 4.26. The van der Waals surface area contributed by atoms with Gasteiger partial charge in [-0.05, 0) is 37.0 Å². The maximum atomic E-state index is 5.42. The summed E-state index contributed by atoms with van der Waals surface area (Å²) in [5.41, 5.74) is 3.66. The molecule has 0 aliphatic heterocycles. The topological polar surface area (TPSA) is 63.5 Å². The molecule has 24 heavy (non-hydrogen) atoms. The van der Waals surface area contributed by atoms with E-state index in [1.54, 1.807) is 14.2 Å². The fourth-order valence-electron chi connectivity index (χ4n) is 2.57. The van der Waals surface area contributed by atoms with Gasteiger partial charge in [-0.1, -0.05) is 17.7 Å². The highest BCUT2D eigenvalue weighted by Crippen LogP contribution is 2.19. The summed E-state index contributed by atoms with van der Waals surface area (Å²) in [6.07, 6.45) is 5.72. The summed E-state index contributed by atoms with van der Waals surface area (Å²) < 4.78 is 7.24. The highest BCUT2D eigenvalue weighted by atomic mass is 16.5. The Hall–Kier alpha value is -2.50. The lowest BCUT2D eigenvalue weighted by Gasteiger charge is -2.13. The Morgan fingerprint density at radius 3 is 2.62 bits per heavy atom. The van der Waals surface area contributed by atoms with Crippen molar-refractivity contribution in [3.8, 4) is 5.75 Å². The van der Waals surface area contributed by atoms with E-state index in [-0.39, 0.29) is 0 Å². The van der Waals surface area contributed by atoms with Gasteiger partial charge < -0.3 is 15.4 Å². The van der Waals surface area contributed by atoms with E-state index in [9.17, 15) is 0 Å². The molecule has 0 aliphatic rings. The minimum absolute atomic E-state index is 0.798. The van der Waals surface area contributed by atoms with Gasteiger partial charge in [0.15, 0.2) is 5.96 Å². The summed E-state index contributed by atoms with van der Waals surface area (Å²) in [6, 6.07) is 6.25. The number of methoxy groups -OCH3 is 1. The molecule has 0 unspecified atom stereocenters. The normalized spacial score (nSPS) is 11.4. The van der Waals surface area contributed by atoms with Crippen molar-refractivity contribution in [3.05, 3.63) is 47.3 Å². The largest absolute Gasteiger partial charge is 0.496 e. The smallest absolute Gasteiger partial charge is 0.190 e. The Morgan fingerprint density at radius 1 is 1.25 bits per heavy atom. The predicted molar refractivity (Wildman–Crippen MR) is 97.7 cm³/mol. The number of guanidine groups is 1. The molecule has 130 valence electrons. The lowest BCUT2D eigenvalue weighted by atomic mass is 10.1. The summed E-state index contributed by atoms with van der Waals surface area (Å²) in [6.45, 7) is 3.71. The predicted octanol–water partition coefficient (Wildman–Crippen LogP) is 1.69. The molecule has 2 N–H and O–H groups in total. The van der Waals surface area contributed by atoms with Crippen molar-refractivity contribution in [2.45, 2.75) is 19.8 Å². The molecule has 0 spiro atoms. The van der Waals surface area contributed by atoms with Crippen LogP contribution in [0.3, 0.4) is 0 Å². The number of aromatic nitrogens is 2. The maximum absolute atomic E-state index is 5.42. The standard InChI is InChI=1S/C18H27N5O/c1-14-5-6-17(24-4)16(11-14)8-10-21-18(19-2)20-9-7-15-12-22-23(3)13-15/h5-6,11-13H,7-10H2,1-4H3,(H2,19,20,21). The molecule has 0 saturated heterocycles. The molecule has 2 rings (SSSR count). The molecular weight excluding hydrogens is 302 g/mol. The van der Waals surface area contributed by atoms with Gasteiger partial charge in [-0.15, -0.1) is 0 Å². The average Bonchev–Trinajstić information content (AvgIpc) is 2.99. The van der Waals surface area contributed by atoms with Crippen molar-refractivity contribution in [3.63, 3.8) is 0 Å². The first-order chi connectivity index (χ1) is 11.6. The molecule has 0 saturated carbocycles. The highest BCUT2D eigenvalue weighted by Gasteiger charge is 2.04. The number of benzene rings is 1. The van der Waals surface area contributed by atoms with Gasteiger partial charge in [-0.3, -0.25) is 9.67 Å². The minimum Gasteiger partial charge on any atom is -0.496 e. The van der Waals surface area contributed by atoms with E-state index in [4.69, 9.17) is 4.74 Å². The van der Waals surface area contributed by atoms with Crippen LogP contribution in [0.25, 0.3) is 0 Å². The summed E-state index contributed by atoms with van der Waals surface area (Å²) in [5.74, 6) is 1.74. The second-order valence-corrected chi connectivity index (χ2v) is 5.76. The van der Waals surface area contributed by atoms with Crippen LogP contribution >= 0.6 is 0 Å². The van der Waals surface area contributed by atoms with E-state index >= 15 is 0 Å². The lowest BCUT2D eigenvalue weighted by molar-refractivity contribution is 0.409. The van der Waals surface area contributed by atoms with E-state index in [1.165, 1.54) is 16.7 Å². The molecule has 6 nitrogen and oxygen atoms in total. The Kier molecular flexibility index (Phi) is 6.66. The van der Waals surface area contributed by atoms with Crippen LogP contribution in [-0.2, 0) is 19.9 Å². The fraction of sp³-hybridized carbons (Fsp3) is 0.444. The zero-order valence-corrected chi connectivity index (χ0v) is 15.0. The van der Waals surface area contributed by atoms with Crippen LogP contribution in [0.5, 0.6) is 5.75 Å². The number of aryl methyl sites for hydroxylation is 2. The Balaban J connectivity index is 1.76. The molecule has 6 heteroatoms. The Morgan fingerprint density at radius 2 is 2.00 bits per heavy atom. The molecule has 0 atom stereocenters. The van der Waals surface area contributed by atoms with Gasteiger partial charge in [0.25, 0.3) is 0 Å². The third-order valence-corrected chi connectivity index (χ3v) is 3.81. The van der Waals surface area contributed by atoms with Gasteiger partial charge in [-0.25, -0.2) is 0 Å². The van der Waals surface area contributed by atoms with Crippen molar-refractivity contribution in [1.82, 2.24) is 20.4 Å². The molecule has 1 aromatic carbocycles. The third-order valence-electron chi connectivity index (χ3n) is 3.81. The number of ether oxygens (including phenoxy) is 1. The zero-order valence-electron chi connectivity index (χ0n) is 15.0. The van der Waals surface area contributed by atoms with Crippen molar-refractivity contribution in [2.24, 2.45) is 12.0 Å². The number of hydrogen-bond acceptors (Lipinski definition) is 3. The Labute approximate surface area is 143 Å². The van der Waals surface area contributed by atoms with Gasteiger partial charge in [0.05, 0.1) is 13.3 Å². The van der Waals surface area contributed by atoms with Crippen LogP contribution in [0.2, 0.25) is 0 Å². The van der Waals surface area contributed by atoms with Crippen molar-refractivity contribution >= 4 is 5.96 Å². The number of nitrogens with one attached hydrogen (secondary N) is 2. The van der Waals surface area contributed by atoms with Crippen molar-refractivity contribution in [1.29, 1.82) is 0 Å². The molecule has 1 heterocycles. The maximum Gasteiger partial charge on any atom is 0.190 e. The summed E-state index contributed by atoms with van der Waals surface area (Å²) in [5, 5.41) is 10.8. The first kappa shape index (κ1) is 17.8. The number of aliphatic imine (C=N–C) groups is 1. The van der Waals surface area contributed by atoms with Gasteiger partial charge in [0.2, 0.25) is 0 Å². The van der Waals surface area contributed by atoms with E-state index in [1.807, 2.05) is 30.2 Å². The van der Waals surface area contributed by atoms with E-state index in [0.717, 1.165) is 37.6 Å². The molecule has 0 amide bonds. The van der Waals surface area contributed by atoms with E-state index in [2.05, 4.69) is 39.8 Å². The molecule has 0 aliphatic carbocycles. The van der Waals surface area contributed by atoms with Gasteiger partial charge >= 0.3 is 0 Å². The van der Waals surface area contributed by atoms with Gasteiger partial charge in [0, 0.05) is 33.4 Å². The van der Waals surface area contributed by atoms with Crippen LogP contribution in [0, 0.1) is 6.92 Å². The zero-order chi connectivity index (χ0) is 17.4. The second-order valence-electron chi connectivity index (χ2n) is 5.76. The number of rotatable bonds is 7. The third kappa shape index (κ3) is 5.30. The van der Waals surface area contributed by atoms with E-state index < -0.39 is 0 Å². The molecule has 0 radical (unpaired) electrons. The average molecular weight is 329 g/mol. The number of hydrogen-bond donors (Lipinski definition) is 2.